The van der Waals surface area contributed by atoms with E-state index >= 15 is 0 Å². The van der Waals surface area contributed by atoms with Crippen molar-refractivity contribution in [2.75, 3.05) is 7.11 Å². The molecule has 3 rings (SSSR count). The molecule has 1 heterocycles. The topological polar surface area (TPSA) is 124 Å². The molecule has 126 valence electrons. The number of carbonyl (C=O) groups excluding carboxylic acids is 1. The molecule has 24 heavy (non-hydrogen) atoms. The zero-order valence-corrected chi connectivity index (χ0v) is 13.0. The first-order chi connectivity index (χ1) is 11.5. The summed E-state index contributed by atoms with van der Waals surface area (Å²) in [5.74, 6) is -0.760. The SMILES string of the molecule is COc1cccc2c1CCC[C@H]2NC(=O)c1[nH]c(=O)[nH]c(=O)c1O. The Kier molecular flexibility index (Phi) is 4.11. The molecule has 8 nitrogen and oxygen atoms in total. The molecule has 0 spiro atoms. The number of rotatable bonds is 3. The van der Waals surface area contributed by atoms with Crippen molar-refractivity contribution in [1.29, 1.82) is 0 Å². The Morgan fingerprint density at radius 1 is 1.33 bits per heavy atom. The lowest BCUT2D eigenvalue weighted by Gasteiger charge is -2.27. The summed E-state index contributed by atoms with van der Waals surface area (Å²) < 4.78 is 5.36. The molecule has 1 atom stereocenters. The van der Waals surface area contributed by atoms with Gasteiger partial charge in [-0.25, -0.2) is 4.79 Å². The van der Waals surface area contributed by atoms with Gasteiger partial charge < -0.3 is 15.2 Å². The third kappa shape index (κ3) is 2.78. The molecule has 1 aromatic carbocycles. The van der Waals surface area contributed by atoms with Crippen LogP contribution in [0, 0.1) is 0 Å². The largest absolute Gasteiger partial charge is 0.501 e. The number of aromatic amines is 2. The number of ether oxygens (including phenoxy) is 1. The van der Waals surface area contributed by atoms with Crippen LogP contribution < -0.4 is 21.3 Å². The van der Waals surface area contributed by atoms with Crippen molar-refractivity contribution in [2.45, 2.75) is 25.3 Å². The van der Waals surface area contributed by atoms with Gasteiger partial charge in [-0.3, -0.25) is 19.6 Å². The van der Waals surface area contributed by atoms with E-state index in [4.69, 9.17) is 4.74 Å². The van der Waals surface area contributed by atoms with E-state index in [0.717, 1.165) is 29.7 Å². The van der Waals surface area contributed by atoms with E-state index in [1.165, 1.54) is 0 Å². The lowest BCUT2D eigenvalue weighted by Crippen LogP contribution is -2.35. The Labute approximate surface area is 136 Å². The maximum atomic E-state index is 12.4. The number of fused-ring (bicyclic) bond motifs is 1. The smallest absolute Gasteiger partial charge is 0.326 e. The second-order valence-electron chi connectivity index (χ2n) is 5.58. The molecule has 0 radical (unpaired) electrons. The maximum absolute atomic E-state index is 12.4. The van der Waals surface area contributed by atoms with Gasteiger partial charge in [0.1, 0.15) is 5.75 Å². The van der Waals surface area contributed by atoms with E-state index in [2.05, 4.69) is 10.3 Å². The summed E-state index contributed by atoms with van der Waals surface area (Å²) in [6, 6.07) is 5.32. The molecule has 0 saturated heterocycles. The maximum Gasteiger partial charge on any atom is 0.326 e. The average molecular weight is 331 g/mol. The third-order valence-electron chi connectivity index (χ3n) is 4.13. The number of nitrogens with one attached hydrogen (secondary N) is 3. The first-order valence-electron chi connectivity index (χ1n) is 7.53. The molecule has 0 saturated carbocycles. The lowest BCUT2D eigenvalue weighted by atomic mass is 9.87. The fourth-order valence-corrected chi connectivity index (χ4v) is 3.03. The quantitative estimate of drug-likeness (QED) is 0.655. The number of H-pyrrole nitrogens is 2. The minimum Gasteiger partial charge on any atom is -0.501 e. The number of methoxy groups -OCH3 is 1. The Morgan fingerprint density at radius 3 is 2.88 bits per heavy atom. The summed E-state index contributed by atoms with van der Waals surface area (Å²) in [7, 11) is 1.59. The van der Waals surface area contributed by atoms with E-state index in [-0.39, 0.29) is 6.04 Å². The van der Waals surface area contributed by atoms with Gasteiger partial charge in [-0.15, -0.1) is 0 Å². The Hall–Kier alpha value is -3.03. The number of carbonyl (C=O) groups is 1. The summed E-state index contributed by atoms with van der Waals surface area (Å²) >= 11 is 0. The molecule has 0 bridgehead atoms. The fourth-order valence-electron chi connectivity index (χ4n) is 3.03. The van der Waals surface area contributed by atoms with Gasteiger partial charge in [0.15, 0.2) is 5.69 Å². The van der Waals surface area contributed by atoms with Crippen molar-refractivity contribution in [1.82, 2.24) is 15.3 Å². The van der Waals surface area contributed by atoms with Crippen LogP contribution >= 0.6 is 0 Å². The van der Waals surface area contributed by atoms with Gasteiger partial charge in [-0.2, -0.15) is 0 Å². The van der Waals surface area contributed by atoms with Crippen LogP contribution in [0.1, 0.15) is 40.5 Å². The molecular weight excluding hydrogens is 314 g/mol. The van der Waals surface area contributed by atoms with Crippen LogP contribution in [-0.2, 0) is 6.42 Å². The first-order valence-corrected chi connectivity index (χ1v) is 7.53. The predicted molar refractivity (Wildman–Crippen MR) is 85.5 cm³/mol. The number of aromatic nitrogens is 2. The standard InChI is InChI=1S/C16H17N3O5/c1-24-11-7-3-4-8-9(11)5-2-6-10(8)17-14(21)12-13(20)15(22)19-16(23)18-12/h3-4,7,10,20H,2,5-6H2,1H3,(H,17,21)(H2,18,19,22,23)/t10-/m1/s1. The molecule has 0 unspecified atom stereocenters. The molecule has 0 fully saturated rings. The summed E-state index contributed by atoms with van der Waals surface area (Å²) in [6.45, 7) is 0. The molecule has 1 amide bonds. The van der Waals surface area contributed by atoms with Crippen molar-refractivity contribution in [3.05, 3.63) is 55.9 Å². The summed E-state index contributed by atoms with van der Waals surface area (Å²) in [5.41, 5.74) is -0.345. The zero-order valence-electron chi connectivity index (χ0n) is 13.0. The Balaban J connectivity index is 1.93. The van der Waals surface area contributed by atoms with Crippen LogP contribution in [0.5, 0.6) is 11.5 Å². The van der Waals surface area contributed by atoms with E-state index in [1.54, 1.807) is 7.11 Å². The van der Waals surface area contributed by atoms with Crippen LogP contribution in [0.25, 0.3) is 0 Å². The molecule has 8 heteroatoms. The lowest BCUT2D eigenvalue weighted by molar-refractivity contribution is 0.0923. The summed E-state index contributed by atoms with van der Waals surface area (Å²) in [4.78, 5) is 39.1. The van der Waals surface area contributed by atoms with Gasteiger partial charge in [0.2, 0.25) is 5.75 Å². The number of aromatic hydroxyl groups is 1. The minimum absolute atomic E-state index is 0.293. The third-order valence-corrected chi connectivity index (χ3v) is 4.13. The van der Waals surface area contributed by atoms with Crippen molar-refractivity contribution in [2.24, 2.45) is 0 Å². The van der Waals surface area contributed by atoms with Gasteiger partial charge in [0.05, 0.1) is 13.2 Å². The molecule has 2 aromatic rings. The fraction of sp³-hybridized carbons (Fsp3) is 0.312. The van der Waals surface area contributed by atoms with E-state index in [0.29, 0.717) is 6.42 Å². The van der Waals surface area contributed by atoms with Crippen LogP contribution in [0.3, 0.4) is 0 Å². The Morgan fingerprint density at radius 2 is 2.12 bits per heavy atom. The van der Waals surface area contributed by atoms with Gasteiger partial charge in [-0.1, -0.05) is 12.1 Å². The molecule has 1 aromatic heterocycles. The second-order valence-corrected chi connectivity index (χ2v) is 5.58. The van der Waals surface area contributed by atoms with Gasteiger partial charge in [0, 0.05) is 0 Å². The van der Waals surface area contributed by atoms with Crippen LogP contribution in [0.4, 0.5) is 0 Å². The highest BCUT2D eigenvalue weighted by molar-refractivity contribution is 5.94. The molecule has 4 N–H and O–H groups in total. The highest BCUT2D eigenvalue weighted by Gasteiger charge is 2.26. The number of benzene rings is 1. The van der Waals surface area contributed by atoms with Gasteiger partial charge in [-0.05, 0) is 36.5 Å². The Bertz CT molecular complexity index is 899. The second kappa shape index (κ2) is 6.23. The normalized spacial score (nSPS) is 16.3. The summed E-state index contributed by atoms with van der Waals surface area (Å²) in [6.07, 6.45) is 2.41. The zero-order chi connectivity index (χ0) is 17.3. The molecule has 0 aliphatic heterocycles. The minimum atomic E-state index is -1.00. The predicted octanol–water partition coefficient (Wildman–Crippen LogP) is 0.585. The van der Waals surface area contributed by atoms with E-state index in [9.17, 15) is 19.5 Å². The average Bonchev–Trinajstić information content (AvgIpc) is 2.57. The van der Waals surface area contributed by atoms with Crippen LogP contribution in [0.2, 0.25) is 0 Å². The van der Waals surface area contributed by atoms with Gasteiger partial charge >= 0.3 is 5.69 Å². The first kappa shape index (κ1) is 15.9. The molecular formula is C16H17N3O5. The van der Waals surface area contributed by atoms with E-state index < -0.39 is 28.6 Å². The number of amides is 1. The highest BCUT2D eigenvalue weighted by atomic mass is 16.5. The summed E-state index contributed by atoms with van der Waals surface area (Å²) in [5, 5.41) is 12.5. The van der Waals surface area contributed by atoms with E-state index in [1.807, 2.05) is 23.2 Å². The van der Waals surface area contributed by atoms with Crippen LogP contribution in [-0.4, -0.2) is 28.1 Å². The van der Waals surface area contributed by atoms with Crippen LogP contribution in [0.15, 0.2) is 27.8 Å². The van der Waals surface area contributed by atoms with Crippen molar-refractivity contribution in [3.8, 4) is 11.5 Å². The van der Waals surface area contributed by atoms with Crippen molar-refractivity contribution < 1.29 is 14.6 Å². The monoisotopic (exact) mass is 331 g/mol. The van der Waals surface area contributed by atoms with Crippen molar-refractivity contribution >= 4 is 5.91 Å². The molecule has 1 aliphatic rings. The highest BCUT2D eigenvalue weighted by Crippen LogP contribution is 2.35. The van der Waals surface area contributed by atoms with Gasteiger partial charge in [0.25, 0.3) is 11.5 Å². The van der Waals surface area contributed by atoms with Crippen molar-refractivity contribution in [3.63, 3.8) is 0 Å². The number of hydrogen-bond acceptors (Lipinski definition) is 5. The molecule has 1 aliphatic carbocycles. The number of hydrogen-bond donors (Lipinski definition) is 4.